The van der Waals surface area contributed by atoms with Gasteiger partial charge in [0, 0.05) is 0 Å². The second-order valence-corrected chi connectivity index (χ2v) is 4.86. The Morgan fingerprint density at radius 1 is 0.950 bits per heavy atom. The quantitative estimate of drug-likeness (QED) is 0.657. The van der Waals surface area contributed by atoms with Gasteiger partial charge in [0.25, 0.3) is 0 Å². The van der Waals surface area contributed by atoms with Crippen molar-refractivity contribution in [3.63, 3.8) is 0 Å². The Kier molecular flexibility index (Phi) is 3.38. The standard InChI is InChI=1S/C18H15FO/c1-13-9-10-17(19)18(11-13)20-12-15-7-4-6-14-5-2-3-8-16(14)15/h2-11H,12H2,1H3. The molecular formula is C18H15FO. The van der Waals surface area contributed by atoms with Crippen molar-refractivity contribution in [3.8, 4) is 5.75 Å². The third kappa shape index (κ3) is 2.50. The van der Waals surface area contributed by atoms with E-state index in [1.54, 1.807) is 12.1 Å². The first-order valence-electron chi connectivity index (χ1n) is 6.59. The summed E-state index contributed by atoms with van der Waals surface area (Å²) in [6.45, 7) is 2.28. The fourth-order valence-corrected chi connectivity index (χ4v) is 2.30. The first-order valence-corrected chi connectivity index (χ1v) is 6.59. The zero-order chi connectivity index (χ0) is 13.9. The van der Waals surface area contributed by atoms with Crippen LogP contribution in [0.4, 0.5) is 4.39 Å². The zero-order valence-corrected chi connectivity index (χ0v) is 11.3. The van der Waals surface area contributed by atoms with Crippen LogP contribution in [0.2, 0.25) is 0 Å². The summed E-state index contributed by atoms with van der Waals surface area (Å²) in [6, 6.07) is 19.1. The van der Waals surface area contributed by atoms with Crippen molar-refractivity contribution in [3.05, 3.63) is 77.6 Å². The molecule has 0 saturated heterocycles. The van der Waals surface area contributed by atoms with E-state index in [0.29, 0.717) is 12.4 Å². The van der Waals surface area contributed by atoms with Gasteiger partial charge in [0.2, 0.25) is 0 Å². The van der Waals surface area contributed by atoms with E-state index in [9.17, 15) is 4.39 Å². The highest BCUT2D eigenvalue weighted by Crippen LogP contribution is 2.23. The molecule has 1 nitrogen and oxygen atoms in total. The summed E-state index contributed by atoms with van der Waals surface area (Å²) >= 11 is 0. The first-order chi connectivity index (χ1) is 9.74. The molecule has 3 aromatic rings. The summed E-state index contributed by atoms with van der Waals surface area (Å²) in [4.78, 5) is 0. The molecule has 0 heterocycles. The van der Waals surface area contributed by atoms with Gasteiger partial charge in [-0.05, 0) is 41.0 Å². The SMILES string of the molecule is Cc1ccc(F)c(OCc2cccc3ccccc23)c1. The number of hydrogen-bond donors (Lipinski definition) is 0. The minimum Gasteiger partial charge on any atom is -0.486 e. The summed E-state index contributed by atoms with van der Waals surface area (Å²) in [7, 11) is 0. The number of rotatable bonds is 3. The van der Waals surface area contributed by atoms with Gasteiger partial charge < -0.3 is 4.74 Å². The van der Waals surface area contributed by atoms with Crippen LogP contribution in [0.5, 0.6) is 5.75 Å². The maximum atomic E-state index is 13.7. The zero-order valence-electron chi connectivity index (χ0n) is 11.3. The minimum atomic E-state index is -0.323. The van der Waals surface area contributed by atoms with Crippen molar-refractivity contribution < 1.29 is 9.13 Å². The molecule has 100 valence electrons. The molecule has 0 aliphatic rings. The van der Waals surface area contributed by atoms with Crippen molar-refractivity contribution in [1.29, 1.82) is 0 Å². The van der Waals surface area contributed by atoms with Gasteiger partial charge in [0.05, 0.1) is 0 Å². The highest BCUT2D eigenvalue weighted by molar-refractivity contribution is 5.85. The Balaban J connectivity index is 1.89. The number of aryl methyl sites for hydroxylation is 1. The number of ether oxygens (including phenoxy) is 1. The van der Waals surface area contributed by atoms with Crippen LogP contribution in [0.15, 0.2) is 60.7 Å². The third-order valence-corrected chi connectivity index (χ3v) is 3.35. The molecule has 0 fully saturated rings. The van der Waals surface area contributed by atoms with Gasteiger partial charge in [0.1, 0.15) is 6.61 Å². The number of benzene rings is 3. The highest BCUT2D eigenvalue weighted by Gasteiger charge is 2.05. The molecule has 0 aliphatic heterocycles. The normalized spacial score (nSPS) is 10.7. The average molecular weight is 266 g/mol. The summed E-state index contributed by atoms with van der Waals surface area (Å²) in [5.74, 6) is -0.0197. The summed E-state index contributed by atoms with van der Waals surface area (Å²) in [6.07, 6.45) is 0. The lowest BCUT2D eigenvalue weighted by Gasteiger charge is -2.10. The maximum Gasteiger partial charge on any atom is 0.165 e. The Bertz CT molecular complexity index is 744. The molecule has 0 N–H and O–H groups in total. The molecule has 0 radical (unpaired) electrons. The highest BCUT2D eigenvalue weighted by atomic mass is 19.1. The fourth-order valence-electron chi connectivity index (χ4n) is 2.30. The molecule has 3 aromatic carbocycles. The molecule has 0 saturated carbocycles. The molecule has 0 bridgehead atoms. The Morgan fingerprint density at radius 2 is 1.75 bits per heavy atom. The molecule has 0 atom stereocenters. The van der Waals surface area contributed by atoms with Crippen LogP contribution in [0.3, 0.4) is 0 Å². The summed E-state index contributed by atoms with van der Waals surface area (Å²) < 4.78 is 19.3. The molecule has 0 aliphatic carbocycles. The van der Waals surface area contributed by atoms with Crippen LogP contribution in [-0.2, 0) is 6.61 Å². The van der Waals surface area contributed by atoms with Crippen LogP contribution in [0.25, 0.3) is 10.8 Å². The van der Waals surface area contributed by atoms with E-state index in [4.69, 9.17) is 4.74 Å². The Morgan fingerprint density at radius 3 is 2.65 bits per heavy atom. The maximum absolute atomic E-state index is 13.7. The topological polar surface area (TPSA) is 9.23 Å². The van der Waals surface area contributed by atoms with Crippen LogP contribution >= 0.6 is 0 Å². The molecular weight excluding hydrogens is 251 g/mol. The molecule has 0 aromatic heterocycles. The second kappa shape index (κ2) is 5.33. The molecule has 2 heteroatoms. The van der Waals surface area contributed by atoms with Gasteiger partial charge in [-0.25, -0.2) is 4.39 Å². The van der Waals surface area contributed by atoms with Gasteiger partial charge in [-0.1, -0.05) is 48.5 Å². The van der Waals surface area contributed by atoms with Gasteiger partial charge in [-0.2, -0.15) is 0 Å². The lowest BCUT2D eigenvalue weighted by molar-refractivity contribution is 0.291. The lowest BCUT2D eigenvalue weighted by Crippen LogP contribution is -1.98. The minimum absolute atomic E-state index is 0.304. The monoisotopic (exact) mass is 266 g/mol. The predicted octanol–water partition coefficient (Wildman–Crippen LogP) is 4.87. The van der Waals surface area contributed by atoms with Crippen molar-refractivity contribution in [2.45, 2.75) is 13.5 Å². The Hall–Kier alpha value is -2.35. The van der Waals surface area contributed by atoms with Gasteiger partial charge in [-0.3, -0.25) is 0 Å². The van der Waals surface area contributed by atoms with E-state index in [0.717, 1.165) is 16.5 Å². The van der Waals surface area contributed by atoms with Gasteiger partial charge in [0.15, 0.2) is 11.6 Å². The fraction of sp³-hybridized carbons (Fsp3) is 0.111. The predicted molar refractivity (Wildman–Crippen MR) is 79.4 cm³/mol. The van der Waals surface area contributed by atoms with Gasteiger partial charge >= 0.3 is 0 Å². The smallest absolute Gasteiger partial charge is 0.165 e. The number of fused-ring (bicyclic) bond motifs is 1. The second-order valence-electron chi connectivity index (χ2n) is 4.86. The van der Waals surface area contributed by atoms with Crippen LogP contribution in [-0.4, -0.2) is 0 Å². The van der Waals surface area contributed by atoms with Crippen LogP contribution in [0.1, 0.15) is 11.1 Å². The van der Waals surface area contributed by atoms with Crippen LogP contribution < -0.4 is 4.74 Å². The van der Waals surface area contributed by atoms with Crippen LogP contribution in [0, 0.1) is 12.7 Å². The third-order valence-electron chi connectivity index (χ3n) is 3.35. The number of halogens is 1. The van der Waals surface area contributed by atoms with E-state index in [-0.39, 0.29) is 5.82 Å². The largest absolute Gasteiger partial charge is 0.486 e. The van der Waals surface area contributed by atoms with Crippen molar-refractivity contribution in [1.82, 2.24) is 0 Å². The van der Waals surface area contributed by atoms with E-state index in [1.807, 2.05) is 31.2 Å². The molecule has 0 unspecified atom stereocenters. The van der Waals surface area contributed by atoms with E-state index in [2.05, 4.69) is 18.2 Å². The van der Waals surface area contributed by atoms with Gasteiger partial charge in [-0.15, -0.1) is 0 Å². The average Bonchev–Trinajstić information content (AvgIpc) is 2.48. The number of hydrogen-bond acceptors (Lipinski definition) is 1. The van der Waals surface area contributed by atoms with E-state index >= 15 is 0 Å². The molecule has 0 amide bonds. The Labute approximate surface area is 117 Å². The summed E-state index contributed by atoms with van der Waals surface area (Å²) in [5.41, 5.74) is 2.04. The van der Waals surface area contributed by atoms with Crippen molar-refractivity contribution >= 4 is 10.8 Å². The molecule has 0 spiro atoms. The molecule has 3 rings (SSSR count). The van der Waals surface area contributed by atoms with Crippen molar-refractivity contribution in [2.24, 2.45) is 0 Å². The van der Waals surface area contributed by atoms with E-state index < -0.39 is 0 Å². The first kappa shape index (κ1) is 12.7. The lowest BCUT2D eigenvalue weighted by atomic mass is 10.1. The molecule has 20 heavy (non-hydrogen) atoms. The van der Waals surface area contributed by atoms with Crippen molar-refractivity contribution in [2.75, 3.05) is 0 Å². The van der Waals surface area contributed by atoms with E-state index in [1.165, 1.54) is 11.5 Å². The summed E-state index contributed by atoms with van der Waals surface area (Å²) in [5, 5.41) is 2.31.